The maximum Gasteiger partial charge on any atom is 0.222 e. The van der Waals surface area contributed by atoms with Crippen LogP contribution in [0.15, 0.2) is 18.2 Å². The van der Waals surface area contributed by atoms with Crippen molar-refractivity contribution in [1.29, 1.82) is 5.26 Å². The van der Waals surface area contributed by atoms with Gasteiger partial charge in [0.05, 0.1) is 0 Å². The lowest BCUT2D eigenvalue weighted by Gasteiger charge is -2.49. The van der Waals surface area contributed by atoms with Gasteiger partial charge in [0.2, 0.25) is 5.91 Å². The Bertz CT molecular complexity index is 719. The van der Waals surface area contributed by atoms with Gasteiger partial charge >= 0.3 is 0 Å². The predicted molar refractivity (Wildman–Crippen MR) is 99.7 cm³/mol. The van der Waals surface area contributed by atoms with Crippen LogP contribution >= 0.6 is 0 Å². The highest BCUT2D eigenvalue weighted by molar-refractivity contribution is 5.77. The fourth-order valence-corrected chi connectivity index (χ4v) is 4.82. The standard InChI is InChI=1S/C20H27N5O/c1-23-10-6-17(14-23)25-15-20(7-5-19(25)26)8-11-24(12-9-20)18-4-2-3-16(13-21)22-18/h2-4,17H,5-12,14-15H2,1H3/t17-/m1/s1. The van der Waals surface area contributed by atoms with Crippen LogP contribution in [-0.4, -0.2) is 66.5 Å². The van der Waals surface area contributed by atoms with E-state index in [9.17, 15) is 4.79 Å². The number of pyridine rings is 1. The van der Waals surface area contributed by atoms with Crippen molar-refractivity contribution in [2.24, 2.45) is 5.41 Å². The molecular weight excluding hydrogens is 326 g/mol. The highest BCUT2D eigenvalue weighted by atomic mass is 16.2. The number of likely N-dealkylation sites (N-methyl/N-ethyl adjacent to an activating group) is 1. The molecule has 4 heterocycles. The molecule has 1 amide bonds. The molecule has 0 aliphatic carbocycles. The smallest absolute Gasteiger partial charge is 0.222 e. The Morgan fingerprint density at radius 2 is 2.04 bits per heavy atom. The normalized spacial score (nSPS) is 26.3. The van der Waals surface area contributed by atoms with Crippen molar-refractivity contribution in [2.45, 2.75) is 38.1 Å². The van der Waals surface area contributed by atoms with Crippen molar-refractivity contribution in [1.82, 2.24) is 14.8 Å². The lowest BCUT2D eigenvalue weighted by Crippen LogP contribution is -2.55. The number of carbonyl (C=O) groups is 1. The van der Waals surface area contributed by atoms with Gasteiger partial charge in [-0.3, -0.25) is 4.79 Å². The van der Waals surface area contributed by atoms with Gasteiger partial charge in [0.1, 0.15) is 17.6 Å². The lowest BCUT2D eigenvalue weighted by molar-refractivity contribution is -0.141. The summed E-state index contributed by atoms with van der Waals surface area (Å²) in [7, 11) is 2.14. The molecule has 0 saturated carbocycles. The summed E-state index contributed by atoms with van der Waals surface area (Å²) in [6.07, 6.45) is 5.01. The topological polar surface area (TPSA) is 63.5 Å². The van der Waals surface area contributed by atoms with Crippen LogP contribution in [-0.2, 0) is 4.79 Å². The summed E-state index contributed by atoms with van der Waals surface area (Å²) in [4.78, 5) is 23.8. The SMILES string of the molecule is CN1CC[C@@H](N2CC3(CCC2=O)CCN(c2cccc(C#N)n2)CC3)C1. The predicted octanol–water partition coefficient (Wildman–Crippen LogP) is 1.87. The van der Waals surface area contributed by atoms with Crippen molar-refractivity contribution in [3.63, 3.8) is 0 Å². The van der Waals surface area contributed by atoms with Crippen molar-refractivity contribution >= 4 is 11.7 Å². The summed E-state index contributed by atoms with van der Waals surface area (Å²) < 4.78 is 0. The Balaban J connectivity index is 1.42. The maximum atomic E-state index is 12.5. The van der Waals surface area contributed by atoms with Crippen LogP contribution in [0, 0.1) is 16.7 Å². The first-order valence-corrected chi connectivity index (χ1v) is 9.69. The first kappa shape index (κ1) is 17.3. The molecule has 0 bridgehead atoms. The van der Waals surface area contributed by atoms with Crippen LogP contribution in [0.1, 0.15) is 37.8 Å². The van der Waals surface area contributed by atoms with Crippen molar-refractivity contribution in [3.05, 3.63) is 23.9 Å². The highest BCUT2D eigenvalue weighted by Gasteiger charge is 2.43. The summed E-state index contributed by atoms with van der Waals surface area (Å²) in [6.45, 7) is 4.93. The van der Waals surface area contributed by atoms with Crippen LogP contribution in [0.5, 0.6) is 0 Å². The van der Waals surface area contributed by atoms with Gasteiger partial charge in [-0.25, -0.2) is 4.98 Å². The number of carbonyl (C=O) groups excluding carboxylic acids is 1. The van der Waals surface area contributed by atoms with Crippen molar-refractivity contribution in [3.8, 4) is 6.07 Å². The summed E-state index contributed by atoms with van der Waals surface area (Å²) in [5.41, 5.74) is 0.737. The number of nitriles is 1. The number of hydrogen-bond donors (Lipinski definition) is 0. The van der Waals surface area contributed by atoms with Gasteiger partial charge in [0, 0.05) is 38.6 Å². The van der Waals surface area contributed by atoms with E-state index in [4.69, 9.17) is 5.26 Å². The molecule has 6 nitrogen and oxygen atoms in total. The molecule has 1 spiro atoms. The van der Waals surface area contributed by atoms with E-state index in [1.54, 1.807) is 6.07 Å². The molecule has 1 aromatic rings. The van der Waals surface area contributed by atoms with E-state index in [0.717, 1.165) is 64.2 Å². The van der Waals surface area contributed by atoms with Crippen LogP contribution in [0.4, 0.5) is 5.82 Å². The molecule has 3 aliphatic rings. The van der Waals surface area contributed by atoms with Crippen molar-refractivity contribution in [2.75, 3.05) is 44.7 Å². The molecule has 6 heteroatoms. The monoisotopic (exact) mass is 353 g/mol. The molecule has 3 fully saturated rings. The summed E-state index contributed by atoms with van der Waals surface area (Å²) in [6, 6.07) is 8.17. The minimum atomic E-state index is 0.262. The van der Waals surface area contributed by atoms with Gasteiger partial charge in [-0.2, -0.15) is 5.26 Å². The van der Waals surface area contributed by atoms with E-state index in [1.165, 1.54) is 0 Å². The first-order valence-electron chi connectivity index (χ1n) is 9.69. The Morgan fingerprint density at radius 1 is 1.23 bits per heavy atom. The molecule has 26 heavy (non-hydrogen) atoms. The van der Waals surface area contributed by atoms with Crippen LogP contribution in [0.2, 0.25) is 0 Å². The average Bonchev–Trinajstić information content (AvgIpc) is 3.11. The van der Waals surface area contributed by atoms with Gasteiger partial charge in [-0.05, 0) is 56.8 Å². The first-order chi connectivity index (χ1) is 12.6. The maximum absolute atomic E-state index is 12.5. The van der Waals surface area contributed by atoms with Gasteiger partial charge in [-0.15, -0.1) is 0 Å². The zero-order chi connectivity index (χ0) is 18.1. The third-order valence-electron chi connectivity index (χ3n) is 6.50. The molecule has 0 N–H and O–H groups in total. The quantitative estimate of drug-likeness (QED) is 0.812. The summed E-state index contributed by atoms with van der Waals surface area (Å²) in [5.74, 6) is 1.25. The van der Waals surface area contributed by atoms with Gasteiger partial charge in [0.25, 0.3) is 0 Å². The zero-order valence-electron chi connectivity index (χ0n) is 15.5. The van der Waals surface area contributed by atoms with E-state index in [-0.39, 0.29) is 5.41 Å². The summed E-state index contributed by atoms with van der Waals surface area (Å²) >= 11 is 0. The van der Waals surface area contributed by atoms with Gasteiger partial charge in [0.15, 0.2) is 0 Å². The van der Waals surface area contributed by atoms with E-state index in [0.29, 0.717) is 24.1 Å². The van der Waals surface area contributed by atoms with Crippen molar-refractivity contribution < 1.29 is 4.79 Å². The van der Waals surface area contributed by atoms with E-state index in [2.05, 4.69) is 32.8 Å². The number of hydrogen-bond acceptors (Lipinski definition) is 5. The molecule has 1 atom stereocenters. The number of aromatic nitrogens is 1. The highest BCUT2D eigenvalue weighted by Crippen LogP contribution is 2.42. The largest absolute Gasteiger partial charge is 0.357 e. The van der Waals surface area contributed by atoms with Crippen LogP contribution < -0.4 is 4.90 Å². The zero-order valence-corrected chi connectivity index (χ0v) is 15.5. The minimum absolute atomic E-state index is 0.262. The average molecular weight is 353 g/mol. The summed E-state index contributed by atoms with van der Waals surface area (Å²) in [5, 5.41) is 9.06. The number of nitrogens with zero attached hydrogens (tertiary/aromatic N) is 5. The third-order valence-corrected chi connectivity index (χ3v) is 6.50. The molecule has 0 aromatic carbocycles. The van der Waals surface area contributed by atoms with E-state index < -0.39 is 0 Å². The number of piperidine rings is 2. The molecule has 4 rings (SSSR count). The molecule has 1 aromatic heterocycles. The second-order valence-corrected chi connectivity index (χ2v) is 8.21. The van der Waals surface area contributed by atoms with Gasteiger partial charge < -0.3 is 14.7 Å². The second-order valence-electron chi connectivity index (χ2n) is 8.21. The Morgan fingerprint density at radius 3 is 2.73 bits per heavy atom. The number of amides is 1. The minimum Gasteiger partial charge on any atom is -0.357 e. The Labute approximate surface area is 155 Å². The van der Waals surface area contributed by atoms with Gasteiger partial charge in [-0.1, -0.05) is 6.07 Å². The van der Waals surface area contributed by atoms with Crippen LogP contribution in [0.25, 0.3) is 0 Å². The molecule has 0 radical (unpaired) electrons. The number of likely N-dealkylation sites (tertiary alicyclic amines) is 2. The molecule has 3 aliphatic heterocycles. The molecule has 0 unspecified atom stereocenters. The fourth-order valence-electron chi connectivity index (χ4n) is 4.82. The van der Waals surface area contributed by atoms with E-state index >= 15 is 0 Å². The Hall–Kier alpha value is -2.13. The number of anilines is 1. The molecular formula is C20H27N5O. The lowest BCUT2D eigenvalue weighted by atomic mass is 9.72. The Kier molecular flexibility index (Phi) is 4.58. The number of rotatable bonds is 2. The van der Waals surface area contributed by atoms with Crippen LogP contribution in [0.3, 0.4) is 0 Å². The second kappa shape index (κ2) is 6.88. The third kappa shape index (κ3) is 3.28. The van der Waals surface area contributed by atoms with E-state index in [1.807, 2.05) is 12.1 Å². The fraction of sp³-hybridized carbons (Fsp3) is 0.650. The molecule has 3 saturated heterocycles. The molecule has 138 valence electrons.